The molecule has 1 saturated carbocycles. The van der Waals surface area contributed by atoms with Crippen molar-refractivity contribution in [2.75, 3.05) is 6.54 Å². The first-order valence-electron chi connectivity index (χ1n) is 4.73. The molecule has 0 bridgehead atoms. The molecule has 5 nitrogen and oxygen atoms in total. The van der Waals surface area contributed by atoms with E-state index in [-0.39, 0.29) is 9.85 Å². The highest BCUT2D eigenvalue weighted by atomic mass is 79.9. The summed E-state index contributed by atoms with van der Waals surface area (Å²) in [7, 11) is -3.42. The molecular formula is C8H12BrN3O2S. The molecule has 0 aliphatic heterocycles. The average Bonchev–Trinajstić information content (AvgIpc) is 2.89. The maximum atomic E-state index is 11.6. The van der Waals surface area contributed by atoms with Gasteiger partial charge in [0, 0.05) is 11.4 Å². The van der Waals surface area contributed by atoms with Gasteiger partial charge in [-0.2, -0.15) is 5.10 Å². The number of halogens is 1. The van der Waals surface area contributed by atoms with Gasteiger partial charge >= 0.3 is 0 Å². The Morgan fingerprint density at radius 3 is 2.93 bits per heavy atom. The second kappa shape index (κ2) is 4.23. The summed E-state index contributed by atoms with van der Waals surface area (Å²) in [6.45, 7) is 0.423. The maximum absolute atomic E-state index is 11.6. The fraction of sp³-hybridized carbons (Fsp3) is 0.625. The van der Waals surface area contributed by atoms with Crippen molar-refractivity contribution in [3.8, 4) is 0 Å². The topological polar surface area (TPSA) is 74.8 Å². The summed E-state index contributed by atoms with van der Waals surface area (Å²) in [6, 6.07) is 1.43. The summed E-state index contributed by atoms with van der Waals surface area (Å²) >= 11 is 3.47. The molecule has 1 fully saturated rings. The van der Waals surface area contributed by atoms with Gasteiger partial charge in [0.2, 0.25) is 0 Å². The number of alkyl halides is 1. The van der Waals surface area contributed by atoms with E-state index in [1.807, 2.05) is 0 Å². The number of aromatic amines is 1. The normalized spacial score (nSPS) is 19.0. The van der Waals surface area contributed by atoms with Crippen molar-refractivity contribution >= 4 is 26.0 Å². The molecule has 1 aromatic rings. The molecule has 2 N–H and O–H groups in total. The fourth-order valence-corrected chi connectivity index (χ4v) is 3.16. The van der Waals surface area contributed by atoms with Crippen molar-refractivity contribution in [3.63, 3.8) is 0 Å². The molecule has 0 saturated heterocycles. The number of hydrogen-bond acceptors (Lipinski definition) is 3. The first-order valence-corrected chi connectivity index (χ1v) is 7.12. The van der Waals surface area contributed by atoms with Crippen LogP contribution in [0.25, 0.3) is 0 Å². The average molecular weight is 294 g/mol. The van der Waals surface area contributed by atoms with E-state index in [4.69, 9.17) is 0 Å². The standard InChI is InChI=1S/C8H12BrN3O2S/c9-7(6-1-2-6)5-11-15(13,14)8-3-4-10-12-8/h3-4,6-7,11H,1-2,5H2,(H,10,12). The quantitative estimate of drug-likeness (QED) is 0.791. The maximum Gasteiger partial charge on any atom is 0.257 e. The minimum Gasteiger partial charge on any atom is -0.266 e. The van der Waals surface area contributed by atoms with Crippen LogP contribution in [-0.2, 0) is 10.0 Å². The summed E-state index contributed by atoms with van der Waals surface area (Å²) < 4.78 is 25.8. The molecule has 0 aromatic carbocycles. The van der Waals surface area contributed by atoms with Crippen LogP contribution in [0.3, 0.4) is 0 Å². The zero-order valence-electron chi connectivity index (χ0n) is 7.98. The van der Waals surface area contributed by atoms with Crippen LogP contribution < -0.4 is 4.72 Å². The van der Waals surface area contributed by atoms with Gasteiger partial charge in [0.05, 0.1) is 6.20 Å². The first kappa shape index (κ1) is 11.1. The molecule has 0 amide bonds. The zero-order valence-corrected chi connectivity index (χ0v) is 10.4. The van der Waals surface area contributed by atoms with Crippen molar-refractivity contribution in [1.29, 1.82) is 0 Å². The van der Waals surface area contributed by atoms with Crippen molar-refractivity contribution in [1.82, 2.24) is 14.9 Å². The van der Waals surface area contributed by atoms with Crippen molar-refractivity contribution in [2.24, 2.45) is 5.92 Å². The van der Waals surface area contributed by atoms with Gasteiger partial charge in [0.1, 0.15) is 0 Å². The zero-order chi connectivity index (χ0) is 10.9. The molecule has 0 radical (unpaired) electrons. The van der Waals surface area contributed by atoms with Crippen molar-refractivity contribution in [2.45, 2.75) is 22.7 Å². The van der Waals surface area contributed by atoms with Gasteiger partial charge < -0.3 is 0 Å². The van der Waals surface area contributed by atoms with Crippen LogP contribution in [0.1, 0.15) is 12.8 Å². The highest BCUT2D eigenvalue weighted by Crippen LogP contribution is 2.36. The molecule has 1 aliphatic carbocycles. The molecule has 1 aliphatic rings. The molecule has 84 valence electrons. The Morgan fingerprint density at radius 2 is 2.40 bits per heavy atom. The monoisotopic (exact) mass is 293 g/mol. The Hall–Kier alpha value is -0.400. The van der Waals surface area contributed by atoms with Gasteiger partial charge in [0.25, 0.3) is 10.0 Å². The first-order chi connectivity index (χ1) is 7.09. The van der Waals surface area contributed by atoms with Crippen molar-refractivity contribution < 1.29 is 8.42 Å². The van der Waals surface area contributed by atoms with Crippen LogP contribution in [0.15, 0.2) is 17.3 Å². The van der Waals surface area contributed by atoms with E-state index in [2.05, 4.69) is 30.8 Å². The lowest BCUT2D eigenvalue weighted by molar-refractivity contribution is 0.573. The Morgan fingerprint density at radius 1 is 1.67 bits per heavy atom. The summed E-state index contributed by atoms with van der Waals surface area (Å²) in [4.78, 5) is 0.232. The highest BCUT2D eigenvalue weighted by molar-refractivity contribution is 9.09. The van der Waals surface area contributed by atoms with E-state index in [0.29, 0.717) is 12.5 Å². The van der Waals surface area contributed by atoms with E-state index in [1.54, 1.807) is 0 Å². The number of nitrogens with zero attached hydrogens (tertiary/aromatic N) is 1. The van der Waals surface area contributed by atoms with Crippen LogP contribution in [-0.4, -0.2) is 30.0 Å². The number of nitrogens with one attached hydrogen (secondary N) is 2. The Labute approximate surface area is 96.8 Å². The van der Waals surface area contributed by atoms with E-state index >= 15 is 0 Å². The number of sulfonamides is 1. The van der Waals surface area contributed by atoms with Crippen LogP contribution in [0, 0.1) is 5.92 Å². The molecule has 1 atom stereocenters. The Kier molecular flexibility index (Phi) is 3.13. The molecule has 1 heterocycles. The largest absolute Gasteiger partial charge is 0.266 e. The van der Waals surface area contributed by atoms with Gasteiger partial charge in [0.15, 0.2) is 5.03 Å². The minimum absolute atomic E-state index is 0.109. The predicted molar refractivity (Wildman–Crippen MR) is 59.2 cm³/mol. The summed E-state index contributed by atoms with van der Waals surface area (Å²) in [6.07, 6.45) is 3.78. The van der Waals surface area contributed by atoms with Crippen LogP contribution in [0.2, 0.25) is 0 Å². The molecular weight excluding hydrogens is 282 g/mol. The minimum atomic E-state index is -3.42. The predicted octanol–water partition coefficient (Wildman–Crippen LogP) is 0.861. The van der Waals surface area contributed by atoms with E-state index in [1.165, 1.54) is 25.1 Å². The summed E-state index contributed by atoms with van der Waals surface area (Å²) in [5.74, 6) is 0.620. The second-order valence-corrected chi connectivity index (χ2v) is 6.54. The number of H-pyrrole nitrogens is 1. The highest BCUT2D eigenvalue weighted by Gasteiger charge is 2.30. The summed E-state index contributed by atoms with van der Waals surface area (Å²) in [5, 5.41) is 6.15. The number of rotatable bonds is 5. The van der Waals surface area contributed by atoms with Gasteiger partial charge in [-0.1, -0.05) is 15.9 Å². The van der Waals surface area contributed by atoms with E-state index < -0.39 is 10.0 Å². The third kappa shape index (κ3) is 2.79. The number of hydrogen-bond donors (Lipinski definition) is 2. The van der Waals surface area contributed by atoms with Gasteiger partial charge in [-0.3, -0.25) is 5.10 Å². The van der Waals surface area contributed by atoms with E-state index in [9.17, 15) is 8.42 Å². The fourth-order valence-electron chi connectivity index (χ4n) is 1.28. The Bertz CT molecular complexity index is 413. The lowest BCUT2D eigenvalue weighted by Gasteiger charge is -2.09. The second-order valence-electron chi connectivity index (χ2n) is 3.63. The molecule has 7 heteroatoms. The lowest BCUT2D eigenvalue weighted by Crippen LogP contribution is -2.30. The third-order valence-electron chi connectivity index (χ3n) is 2.37. The molecule has 2 rings (SSSR count). The van der Waals surface area contributed by atoms with Crippen LogP contribution in [0.4, 0.5) is 0 Å². The summed E-state index contributed by atoms with van der Waals surface area (Å²) in [5.41, 5.74) is 0. The van der Waals surface area contributed by atoms with Crippen LogP contribution in [0.5, 0.6) is 0 Å². The third-order valence-corrected chi connectivity index (χ3v) is 4.79. The number of aromatic nitrogens is 2. The molecule has 0 spiro atoms. The molecule has 15 heavy (non-hydrogen) atoms. The molecule has 1 unspecified atom stereocenters. The molecule has 1 aromatic heterocycles. The Balaban J connectivity index is 1.93. The lowest BCUT2D eigenvalue weighted by atomic mass is 10.3. The van der Waals surface area contributed by atoms with Gasteiger partial charge in [-0.15, -0.1) is 0 Å². The SMILES string of the molecule is O=S(=O)(NCC(Br)C1CC1)c1ccn[nH]1. The van der Waals surface area contributed by atoms with E-state index in [0.717, 1.165) is 0 Å². The van der Waals surface area contributed by atoms with Crippen molar-refractivity contribution in [3.05, 3.63) is 12.3 Å². The smallest absolute Gasteiger partial charge is 0.257 e. The van der Waals surface area contributed by atoms with Gasteiger partial charge in [-0.25, -0.2) is 13.1 Å². The van der Waals surface area contributed by atoms with Crippen LogP contribution >= 0.6 is 15.9 Å². The van der Waals surface area contributed by atoms with Gasteiger partial charge in [-0.05, 0) is 24.8 Å².